The molecule has 1 aliphatic heterocycles. The van der Waals surface area contributed by atoms with Gasteiger partial charge >= 0.3 is 5.97 Å². The number of morpholine rings is 1. The van der Waals surface area contributed by atoms with E-state index in [0.717, 1.165) is 6.07 Å². The lowest BCUT2D eigenvalue weighted by atomic mass is 10.1. The number of amides is 1. The Morgan fingerprint density at radius 3 is 2.63 bits per heavy atom. The maximum absolute atomic E-state index is 13.8. The molecule has 1 fully saturated rings. The van der Waals surface area contributed by atoms with E-state index in [1.165, 1.54) is 24.3 Å². The van der Waals surface area contributed by atoms with Gasteiger partial charge in [0.05, 0.1) is 29.4 Å². The van der Waals surface area contributed by atoms with E-state index in [0.29, 0.717) is 37.6 Å². The summed E-state index contributed by atoms with van der Waals surface area (Å²) >= 11 is 0. The first-order chi connectivity index (χ1) is 14.3. The number of nitrogens with zero attached hydrogens (tertiary/aromatic N) is 2. The molecule has 0 aromatic heterocycles. The van der Waals surface area contributed by atoms with E-state index < -0.39 is 29.2 Å². The Kier molecular flexibility index (Phi) is 6.58. The predicted octanol–water partition coefficient (Wildman–Crippen LogP) is 2.67. The number of hydrogen-bond acceptors (Lipinski definition) is 7. The summed E-state index contributed by atoms with van der Waals surface area (Å²) < 4.78 is 24.0. The number of nitro groups is 1. The molecule has 1 amide bonds. The molecule has 2 aromatic rings. The molecule has 0 aliphatic carbocycles. The first kappa shape index (κ1) is 21.2. The van der Waals surface area contributed by atoms with E-state index in [1.54, 1.807) is 17.9 Å². The Balaban J connectivity index is 1.65. The predicted molar refractivity (Wildman–Crippen MR) is 106 cm³/mol. The second kappa shape index (κ2) is 9.31. The number of halogens is 1. The average molecular weight is 417 g/mol. The normalized spacial score (nSPS) is 13.6. The summed E-state index contributed by atoms with van der Waals surface area (Å²) in [7, 11) is 0. The molecule has 0 spiro atoms. The number of carbonyl (C=O) groups is 2. The van der Waals surface area contributed by atoms with Crippen molar-refractivity contribution >= 4 is 28.9 Å². The first-order valence-electron chi connectivity index (χ1n) is 9.19. The molecular weight excluding hydrogens is 397 g/mol. The average Bonchev–Trinajstić information content (AvgIpc) is 2.74. The van der Waals surface area contributed by atoms with Gasteiger partial charge in [0.25, 0.3) is 11.6 Å². The number of ether oxygens (including phenoxy) is 2. The maximum Gasteiger partial charge on any atom is 0.338 e. The molecule has 10 heteroatoms. The van der Waals surface area contributed by atoms with Gasteiger partial charge in [-0.1, -0.05) is 6.07 Å². The molecule has 2 aromatic carbocycles. The minimum atomic E-state index is -0.897. The number of nitro benzene ring substituents is 1. The number of nitrogens with one attached hydrogen (secondary N) is 1. The van der Waals surface area contributed by atoms with Crippen LogP contribution in [-0.2, 0) is 14.3 Å². The molecular formula is C20H20FN3O6. The van der Waals surface area contributed by atoms with E-state index in [1.807, 2.05) is 0 Å². The van der Waals surface area contributed by atoms with Gasteiger partial charge in [0.1, 0.15) is 11.5 Å². The molecule has 30 heavy (non-hydrogen) atoms. The molecule has 1 heterocycles. The highest BCUT2D eigenvalue weighted by molar-refractivity contribution is 5.96. The molecule has 158 valence electrons. The van der Waals surface area contributed by atoms with Crippen LogP contribution in [0.5, 0.6) is 0 Å². The van der Waals surface area contributed by atoms with Crippen LogP contribution in [0.2, 0.25) is 0 Å². The monoisotopic (exact) mass is 417 g/mol. The fraction of sp³-hybridized carbons (Fsp3) is 0.300. The highest BCUT2D eigenvalue weighted by atomic mass is 19.1. The molecule has 0 unspecified atom stereocenters. The summed E-state index contributed by atoms with van der Waals surface area (Å²) in [5.74, 6) is -2.24. The Labute approximate surface area is 171 Å². The smallest absolute Gasteiger partial charge is 0.338 e. The van der Waals surface area contributed by atoms with Crippen LogP contribution in [-0.4, -0.2) is 49.7 Å². The second-order valence-corrected chi connectivity index (χ2v) is 6.67. The summed E-state index contributed by atoms with van der Waals surface area (Å²) in [6.45, 7) is 2.96. The van der Waals surface area contributed by atoms with Crippen LogP contribution < -0.4 is 10.2 Å². The van der Waals surface area contributed by atoms with E-state index in [2.05, 4.69) is 5.32 Å². The van der Waals surface area contributed by atoms with Crippen molar-refractivity contribution in [2.24, 2.45) is 0 Å². The number of hydrogen-bond donors (Lipinski definition) is 1. The fourth-order valence-electron chi connectivity index (χ4n) is 2.99. The van der Waals surface area contributed by atoms with E-state index in [4.69, 9.17) is 9.47 Å². The molecule has 1 saturated heterocycles. The van der Waals surface area contributed by atoms with Crippen LogP contribution >= 0.6 is 0 Å². The zero-order valence-electron chi connectivity index (χ0n) is 16.2. The van der Waals surface area contributed by atoms with Crippen molar-refractivity contribution in [1.82, 2.24) is 0 Å². The lowest BCUT2D eigenvalue weighted by Crippen LogP contribution is -2.36. The second-order valence-electron chi connectivity index (χ2n) is 6.67. The largest absolute Gasteiger partial charge is 0.452 e. The zero-order chi connectivity index (χ0) is 21.7. The highest BCUT2D eigenvalue weighted by Gasteiger charge is 2.24. The molecule has 0 saturated carbocycles. The van der Waals surface area contributed by atoms with Gasteiger partial charge in [0.15, 0.2) is 6.61 Å². The third-order valence-electron chi connectivity index (χ3n) is 4.49. The lowest BCUT2D eigenvalue weighted by molar-refractivity contribution is -0.384. The summed E-state index contributed by atoms with van der Waals surface area (Å²) in [6, 6.07) is 8.28. The van der Waals surface area contributed by atoms with Crippen molar-refractivity contribution in [3.8, 4) is 0 Å². The van der Waals surface area contributed by atoms with Gasteiger partial charge in [-0.25, -0.2) is 9.18 Å². The van der Waals surface area contributed by atoms with Crippen molar-refractivity contribution in [2.75, 3.05) is 43.1 Å². The van der Waals surface area contributed by atoms with Gasteiger partial charge in [-0.05, 0) is 36.8 Å². The minimum Gasteiger partial charge on any atom is -0.452 e. The Hall–Kier alpha value is -3.53. The van der Waals surface area contributed by atoms with Crippen LogP contribution in [0.4, 0.5) is 21.5 Å². The quantitative estimate of drug-likeness (QED) is 0.437. The number of anilines is 2. The number of aryl methyl sites for hydroxylation is 1. The third-order valence-corrected chi connectivity index (χ3v) is 4.49. The number of rotatable bonds is 6. The Morgan fingerprint density at radius 1 is 1.23 bits per heavy atom. The SMILES string of the molecule is Cc1ccc(NC(=O)COC(=O)c2ccc(N3CCOCC3)c([N+](=O)[O-])c2)c(F)c1. The number of benzene rings is 2. The Bertz CT molecular complexity index is 975. The van der Waals surface area contributed by atoms with Crippen molar-refractivity contribution in [2.45, 2.75) is 6.92 Å². The van der Waals surface area contributed by atoms with Gasteiger partial charge < -0.3 is 19.7 Å². The molecule has 1 N–H and O–H groups in total. The zero-order valence-corrected chi connectivity index (χ0v) is 16.2. The van der Waals surface area contributed by atoms with Crippen LogP contribution in [0.25, 0.3) is 0 Å². The van der Waals surface area contributed by atoms with Crippen LogP contribution in [0.1, 0.15) is 15.9 Å². The molecule has 1 aliphatic rings. The molecule has 0 atom stereocenters. The standard InChI is InChI=1S/C20H20FN3O6/c1-13-2-4-16(15(21)10-13)22-19(25)12-30-20(26)14-3-5-17(18(11-14)24(27)28)23-6-8-29-9-7-23/h2-5,10-11H,6-9,12H2,1H3,(H,22,25). The van der Waals surface area contributed by atoms with E-state index in [-0.39, 0.29) is 16.9 Å². The molecule has 9 nitrogen and oxygen atoms in total. The van der Waals surface area contributed by atoms with Crippen molar-refractivity contribution in [1.29, 1.82) is 0 Å². The fourth-order valence-corrected chi connectivity index (χ4v) is 2.99. The van der Waals surface area contributed by atoms with Crippen LogP contribution in [0, 0.1) is 22.9 Å². The summed E-state index contributed by atoms with van der Waals surface area (Å²) in [4.78, 5) is 36.9. The first-order valence-corrected chi connectivity index (χ1v) is 9.19. The number of carbonyl (C=O) groups excluding carboxylic acids is 2. The third kappa shape index (κ3) is 5.09. The van der Waals surface area contributed by atoms with E-state index >= 15 is 0 Å². The maximum atomic E-state index is 13.8. The summed E-state index contributed by atoms with van der Waals surface area (Å²) in [5, 5.41) is 13.8. The summed E-state index contributed by atoms with van der Waals surface area (Å²) in [6.07, 6.45) is 0. The topological polar surface area (TPSA) is 111 Å². The van der Waals surface area contributed by atoms with Gasteiger partial charge in [0.2, 0.25) is 0 Å². The van der Waals surface area contributed by atoms with Crippen LogP contribution in [0.15, 0.2) is 36.4 Å². The van der Waals surface area contributed by atoms with Crippen molar-refractivity contribution < 1.29 is 28.4 Å². The van der Waals surface area contributed by atoms with E-state index in [9.17, 15) is 24.1 Å². The summed E-state index contributed by atoms with van der Waals surface area (Å²) in [5.41, 5.74) is 0.740. The van der Waals surface area contributed by atoms with Crippen molar-refractivity contribution in [3.05, 3.63) is 63.5 Å². The minimum absolute atomic E-state index is 0.0350. The lowest BCUT2D eigenvalue weighted by Gasteiger charge is -2.28. The molecule has 3 rings (SSSR count). The van der Waals surface area contributed by atoms with Crippen LogP contribution in [0.3, 0.4) is 0 Å². The van der Waals surface area contributed by atoms with Crippen molar-refractivity contribution in [3.63, 3.8) is 0 Å². The molecule has 0 bridgehead atoms. The van der Waals surface area contributed by atoms with Gasteiger partial charge in [-0.15, -0.1) is 0 Å². The molecule has 0 radical (unpaired) electrons. The van der Waals surface area contributed by atoms with Gasteiger partial charge in [-0.3, -0.25) is 14.9 Å². The van der Waals surface area contributed by atoms with Gasteiger partial charge in [-0.2, -0.15) is 0 Å². The highest BCUT2D eigenvalue weighted by Crippen LogP contribution is 2.30. The number of esters is 1. The Morgan fingerprint density at radius 2 is 1.97 bits per heavy atom. The van der Waals surface area contributed by atoms with Gasteiger partial charge in [0, 0.05) is 19.2 Å².